The minimum atomic E-state index is -0.525. The second kappa shape index (κ2) is 7.25. The number of amides is 3. The third kappa shape index (κ3) is 3.34. The van der Waals surface area contributed by atoms with Crippen LogP contribution in [-0.4, -0.2) is 29.7 Å². The molecule has 0 bridgehead atoms. The van der Waals surface area contributed by atoms with Gasteiger partial charge in [-0.05, 0) is 66.4 Å². The number of halogens is 1. The largest absolute Gasteiger partial charge is 0.337 e. The van der Waals surface area contributed by atoms with Gasteiger partial charge < -0.3 is 4.90 Å². The Kier molecular flexibility index (Phi) is 4.76. The van der Waals surface area contributed by atoms with Crippen LogP contribution in [0.4, 0.5) is 10.1 Å². The lowest BCUT2D eigenvalue weighted by atomic mass is 10.0. The van der Waals surface area contributed by atoms with Gasteiger partial charge in [0.25, 0.3) is 17.7 Å². The van der Waals surface area contributed by atoms with Gasteiger partial charge in [0.05, 0.1) is 23.4 Å². The van der Waals surface area contributed by atoms with Crippen LogP contribution in [0.25, 0.3) is 0 Å². The summed E-state index contributed by atoms with van der Waals surface area (Å²) in [5.41, 5.74) is 2.15. The molecule has 4 rings (SSSR count). The second-order valence-corrected chi connectivity index (χ2v) is 7.87. The molecule has 146 valence electrons. The van der Waals surface area contributed by atoms with Crippen LogP contribution in [0.2, 0.25) is 0 Å². The van der Waals surface area contributed by atoms with Gasteiger partial charge in [0, 0.05) is 17.5 Å². The summed E-state index contributed by atoms with van der Waals surface area (Å²) >= 11 is 1.58. The Bertz CT molecular complexity index is 1140. The van der Waals surface area contributed by atoms with Crippen molar-refractivity contribution in [1.82, 2.24) is 4.90 Å². The molecule has 0 radical (unpaired) electrons. The fourth-order valence-corrected chi connectivity index (χ4v) is 4.23. The van der Waals surface area contributed by atoms with E-state index < -0.39 is 17.6 Å². The SMILES string of the molecule is Cc1ccsc1CN(C)C(=O)c1ccc2c(c1)C(=O)N(c1ccc(F)cc1)C2=O. The Morgan fingerprint density at radius 2 is 1.72 bits per heavy atom. The molecule has 1 aromatic heterocycles. The predicted molar refractivity (Wildman–Crippen MR) is 109 cm³/mol. The average Bonchev–Trinajstić information content (AvgIpc) is 3.22. The van der Waals surface area contributed by atoms with Crippen LogP contribution in [0.3, 0.4) is 0 Å². The Morgan fingerprint density at radius 1 is 1.03 bits per heavy atom. The Labute approximate surface area is 171 Å². The molecule has 7 heteroatoms. The Balaban J connectivity index is 1.61. The lowest BCUT2D eigenvalue weighted by Crippen LogP contribution is -2.29. The highest BCUT2D eigenvalue weighted by Gasteiger charge is 2.37. The van der Waals surface area contributed by atoms with Crippen molar-refractivity contribution in [1.29, 1.82) is 0 Å². The highest BCUT2D eigenvalue weighted by Crippen LogP contribution is 2.29. The molecular weight excluding hydrogens is 391 g/mol. The molecule has 1 aliphatic rings. The van der Waals surface area contributed by atoms with E-state index in [1.165, 1.54) is 36.4 Å². The average molecular weight is 408 g/mol. The monoisotopic (exact) mass is 408 g/mol. The van der Waals surface area contributed by atoms with Gasteiger partial charge in [-0.2, -0.15) is 0 Å². The van der Waals surface area contributed by atoms with Gasteiger partial charge in [-0.1, -0.05) is 0 Å². The molecule has 5 nitrogen and oxygen atoms in total. The van der Waals surface area contributed by atoms with Crippen LogP contribution in [0.1, 0.15) is 41.5 Å². The molecule has 0 saturated carbocycles. The number of thiophene rings is 1. The fraction of sp³-hybridized carbons (Fsp3) is 0.136. The summed E-state index contributed by atoms with van der Waals surface area (Å²) in [6, 6.07) is 11.6. The quantitative estimate of drug-likeness (QED) is 0.606. The summed E-state index contributed by atoms with van der Waals surface area (Å²) in [7, 11) is 1.70. The van der Waals surface area contributed by atoms with Crippen molar-refractivity contribution >= 4 is 34.7 Å². The third-order valence-corrected chi connectivity index (χ3v) is 5.92. The molecule has 3 amide bonds. The zero-order valence-corrected chi connectivity index (χ0v) is 16.6. The molecule has 0 N–H and O–H groups in total. The molecule has 0 fully saturated rings. The summed E-state index contributed by atoms with van der Waals surface area (Å²) < 4.78 is 13.2. The van der Waals surface area contributed by atoms with Crippen LogP contribution >= 0.6 is 11.3 Å². The first-order chi connectivity index (χ1) is 13.9. The second-order valence-electron chi connectivity index (χ2n) is 6.87. The van der Waals surface area contributed by atoms with Gasteiger partial charge in [0.1, 0.15) is 5.82 Å². The molecule has 3 aromatic rings. The summed E-state index contributed by atoms with van der Waals surface area (Å²) in [5.74, 6) is -1.70. The number of carbonyl (C=O) groups is 3. The number of aryl methyl sites for hydroxylation is 1. The number of hydrogen-bond acceptors (Lipinski definition) is 4. The van der Waals surface area contributed by atoms with E-state index in [1.54, 1.807) is 29.4 Å². The molecule has 0 saturated heterocycles. The normalized spacial score (nSPS) is 13.0. The number of hydrogen-bond donors (Lipinski definition) is 0. The van der Waals surface area contributed by atoms with Crippen LogP contribution < -0.4 is 4.90 Å². The summed E-state index contributed by atoms with van der Waals surface area (Å²) in [6.07, 6.45) is 0. The topological polar surface area (TPSA) is 57.7 Å². The van der Waals surface area contributed by atoms with Gasteiger partial charge >= 0.3 is 0 Å². The molecule has 0 atom stereocenters. The zero-order chi connectivity index (χ0) is 20.7. The van der Waals surface area contributed by atoms with E-state index in [0.29, 0.717) is 12.1 Å². The van der Waals surface area contributed by atoms with Crippen molar-refractivity contribution < 1.29 is 18.8 Å². The van der Waals surface area contributed by atoms with E-state index in [0.717, 1.165) is 15.3 Å². The van der Waals surface area contributed by atoms with E-state index in [4.69, 9.17) is 0 Å². The van der Waals surface area contributed by atoms with Gasteiger partial charge in [0.15, 0.2) is 0 Å². The zero-order valence-electron chi connectivity index (χ0n) is 15.8. The number of carbonyl (C=O) groups excluding carboxylic acids is 3. The highest BCUT2D eigenvalue weighted by atomic mass is 32.1. The van der Waals surface area contributed by atoms with Crippen LogP contribution in [-0.2, 0) is 6.54 Å². The first-order valence-corrected chi connectivity index (χ1v) is 9.81. The molecule has 1 aliphatic heterocycles. The Morgan fingerprint density at radius 3 is 2.38 bits per heavy atom. The minimum absolute atomic E-state index is 0.172. The van der Waals surface area contributed by atoms with Crippen LogP contribution in [0, 0.1) is 12.7 Å². The fourth-order valence-electron chi connectivity index (χ4n) is 3.27. The van der Waals surface area contributed by atoms with E-state index in [-0.39, 0.29) is 22.7 Å². The maximum absolute atomic E-state index is 13.2. The maximum atomic E-state index is 13.2. The van der Waals surface area contributed by atoms with Crippen molar-refractivity contribution in [3.8, 4) is 0 Å². The number of anilines is 1. The van der Waals surface area contributed by atoms with Gasteiger partial charge in [0.2, 0.25) is 0 Å². The lowest BCUT2D eigenvalue weighted by Gasteiger charge is -2.17. The third-order valence-electron chi connectivity index (χ3n) is 4.91. The number of benzene rings is 2. The molecule has 2 aromatic carbocycles. The van der Waals surface area contributed by atoms with Gasteiger partial charge in [-0.25, -0.2) is 9.29 Å². The first-order valence-electron chi connectivity index (χ1n) is 8.93. The van der Waals surface area contributed by atoms with Gasteiger partial charge in [-0.3, -0.25) is 14.4 Å². The van der Waals surface area contributed by atoms with Crippen molar-refractivity contribution in [2.45, 2.75) is 13.5 Å². The molecule has 2 heterocycles. The standard InChI is InChI=1S/C22H17FN2O3S/c1-13-9-10-29-19(13)12-24(2)20(26)14-3-8-17-18(11-14)22(28)25(21(17)27)16-6-4-15(23)5-7-16/h3-11H,12H2,1-2H3. The van der Waals surface area contributed by atoms with E-state index in [9.17, 15) is 18.8 Å². The summed E-state index contributed by atoms with van der Waals surface area (Å²) in [6.45, 7) is 2.46. The highest BCUT2D eigenvalue weighted by molar-refractivity contribution is 7.10. The lowest BCUT2D eigenvalue weighted by molar-refractivity contribution is 0.0785. The Hall–Kier alpha value is -3.32. The number of imide groups is 1. The molecule has 0 unspecified atom stereocenters. The smallest absolute Gasteiger partial charge is 0.266 e. The van der Waals surface area contributed by atoms with Crippen LogP contribution in [0.15, 0.2) is 53.9 Å². The van der Waals surface area contributed by atoms with E-state index in [2.05, 4.69) is 0 Å². The minimum Gasteiger partial charge on any atom is -0.337 e. The number of fused-ring (bicyclic) bond motifs is 1. The van der Waals surface area contributed by atoms with Crippen molar-refractivity contribution in [2.75, 3.05) is 11.9 Å². The molecule has 29 heavy (non-hydrogen) atoms. The number of rotatable bonds is 4. The van der Waals surface area contributed by atoms with Crippen molar-refractivity contribution in [3.05, 3.63) is 86.9 Å². The van der Waals surface area contributed by atoms with E-state index >= 15 is 0 Å². The summed E-state index contributed by atoms with van der Waals surface area (Å²) in [5, 5.41) is 1.98. The summed E-state index contributed by atoms with van der Waals surface area (Å²) in [4.78, 5) is 42.0. The van der Waals surface area contributed by atoms with Crippen molar-refractivity contribution in [2.24, 2.45) is 0 Å². The number of nitrogens with zero attached hydrogens (tertiary/aromatic N) is 2. The molecular formula is C22H17FN2O3S. The van der Waals surface area contributed by atoms with Gasteiger partial charge in [-0.15, -0.1) is 11.3 Å². The first kappa shape index (κ1) is 19.0. The maximum Gasteiger partial charge on any atom is 0.266 e. The van der Waals surface area contributed by atoms with E-state index in [1.807, 2.05) is 18.4 Å². The van der Waals surface area contributed by atoms with Crippen LogP contribution in [0.5, 0.6) is 0 Å². The van der Waals surface area contributed by atoms with Crippen molar-refractivity contribution in [3.63, 3.8) is 0 Å². The molecule has 0 spiro atoms. The predicted octanol–water partition coefficient (Wildman–Crippen LogP) is 4.27. The molecule has 0 aliphatic carbocycles.